The standard InChI is InChI=1S/C17H24ClNO/c1-2-13(9-10-18)12-19-17(20)16-8-7-14-5-3-4-6-15(14)11-16/h3-6,13,16H,2,7-12H2,1H3,(H,19,20). The smallest absolute Gasteiger partial charge is 0.223 e. The van der Waals surface area contributed by atoms with E-state index in [2.05, 4.69) is 36.5 Å². The Hall–Kier alpha value is -1.02. The van der Waals surface area contributed by atoms with Gasteiger partial charge in [-0.3, -0.25) is 4.79 Å². The zero-order valence-corrected chi connectivity index (χ0v) is 13.0. The summed E-state index contributed by atoms with van der Waals surface area (Å²) in [5.41, 5.74) is 2.75. The lowest BCUT2D eigenvalue weighted by Gasteiger charge is -2.24. The van der Waals surface area contributed by atoms with Crippen LogP contribution in [0, 0.1) is 11.8 Å². The van der Waals surface area contributed by atoms with Gasteiger partial charge in [0.25, 0.3) is 0 Å². The molecule has 1 aromatic carbocycles. The second kappa shape index (κ2) is 7.68. The average Bonchev–Trinajstić information content (AvgIpc) is 2.50. The van der Waals surface area contributed by atoms with Crippen LogP contribution in [-0.2, 0) is 17.6 Å². The molecule has 1 N–H and O–H groups in total. The molecule has 3 heteroatoms. The van der Waals surface area contributed by atoms with E-state index >= 15 is 0 Å². The third-order valence-electron chi connectivity index (χ3n) is 4.38. The Bertz CT molecular complexity index is 446. The first-order chi connectivity index (χ1) is 9.74. The number of benzene rings is 1. The van der Waals surface area contributed by atoms with Crippen molar-refractivity contribution in [3.63, 3.8) is 0 Å². The number of fused-ring (bicyclic) bond motifs is 1. The number of nitrogens with one attached hydrogen (secondary N) is 1. The molecule has 1 aliphatic carbocycles. The lowest BCUT2D eigenvalue weighted by molar-refractivity contribution is -0.125. The largest absolute Gasteiger partial charge is 0.356 e. The summed E-state index contributed by atoms with van der Waals surface area (Å²) in [7, 11) is 0. The highest BCUT2D eigenvalue weighted by molar-refractivity contribution is 6.17. The van der Waals surface area contributed by atoms with E-state index in [4.69, 9.17) is 11.6 Å². The molecule has 1 amide bonds. The fraction of sp³-hybridized carbons (Fsp3) is 0.588. The molecule has 1 aromatic rings. The van der Waals surface area contributed by atoms with E-state index in [1.165, 1.54) is 11.1 Å². The maximum absolute atomic E-state index is 12.3. The molecule has 1 aliphatic rings. The maximum atomic E-state index is 12.3. The van der Waals surface area contributed by atoms with Gasteiger partial charge in [0.15, 0.2) is 0 Å². The molecule has 20 heavy (non-hydrogen) atoms. The van der Waals surface area contributed by atoms with Crippen LogP contribution in [0.5, 0.6) is 0 Å². The number of amides is 1. The molecule has 2 rings (SSSR count). The van der Waals surface area contributed by atoms with E-state index in [0.717, 1.165) is 38.6 Å². The van der Waals surface area contributed by atoms with Crippen LogP contribution in [0.15, 0.2) is 24.3 Å². The Morgan fingerprint density at radius 1 is 1.40 bits per heavy atom. The lowest BCUT2D eigenvalue weighted by atomic mass is 9.83. The van der Waals surface area contributed by atoms with Crippen molar-refractivity contribution in [1.82, 2.24) is 5.32 Å². The highest BCUT2D eigenvalue weighted by Crippen LogP contribution is 2.25. The summed E-state index contributed by atoms with van der Waals surface area (Å²) in [5, 5.41) is 3.12. The number of halogens is 1. The van der Waals surface area contributed by atoms with Gasteiger partial charge >= 0.3 is 0 Å². The van der Waals surface area contributed by atoms with Crippen molar-refractivity contribution in [3.8, 4) is 0 Å². The normalized spacial score (nSPS) is 19.2. The summed E-state index contributed by atoms with van der Waals surface area (Å²) in [6.45, 7) is 2.92. The summed E-state index contributed by atoms with van der Waals surface area (Å²) in [4.78, 5) is 12.3. The molecule has 0 radical (unpaired) electrons. The molecular weight excluding hydrogens is 270 g/mol. The molecule has 2 unspecified atom stereocenters. The first-order valence-electron chi connectivity index (χ1n) is 7.65. The Balaban J connectivity index is 1.85. The molecule has 0 aromatic heterocycles. The quantitative estimate of drug-likeness (QED) is 0.798. The highest BCUT2D eigenvalue weighted by atomic mass is 35.5. The molecule has 0 fully saturated rings. The summed E-state index contributed by atoms with van der Waals surface area (Å²) in [5.74, 6) is 1.53. The fourth-order valence-electron chi connectivity index (χ4n) is 2.92. The highest BCUT2D eigenvalue weighted by Gasteiger charge is 2.24. The Labute approximate surface area is 126 Å². The minimum atomic E-state index is 0.137. The number of alkyl halides is 1. The molecule has 2 atom stereocenters. The molecule has 0 spiro atoms. The van der Waals surface area contributed by atoms with E-state index in [0.29, 0.717) is 11.8 Å². The predicted octanol–water partition coefficient (Wildman–Crippen LogP) is 3.56. The fourth-order valence-corrected chi connectivity index (χ4v) is 3.22. The molecule has 0 saturated heterocycles. The van der Waals surface area contributed by atoms with Crippen molar-refractivity contribution in [1.29, 1.82) is 0 Å². The van der Waals surface area contributed by atoms with Gasteiger partial charge in [-0.25, -0.2) is 0 Å². The van der Waals surface area contributed by atoms with Crippen molar-refractivity contribution in [2.45, 2.75) is 39.0 Å². The monoisotopic (exact) mass is 293 g/mol. The first kappa shape index (κ1) is 15.4. The van der Waals surface area contributed by atoms with Gasteiger partial charge < -0.3 is 5.32 Å². The number of carbonyl (C=O) groups excluding carboxylic acids is 1. The minimum absolute atomic E-state index is 0.137. The third kappa shape index (κ3) is 3.99. The van der Waals surface area contributed by atoms with Crippen LogP contribution in [0.1, 0.15) is 37.3 Å². The summed E-state index contributed by atoms with van der Waals surface area (Å²) < 4.78 is 0. The van der Waals surface area contributed by atoms with Crippen LogP contribution in [0.25, 0.3) is 0 Å². The molecule has 0 saturated carbocycles. The van der Waals surface area contributed by atoms with Gasteiger partial charge in [-0.05, 0) is 42.7 Å². The average molecular weight is 294 g/mol. The van der Waals surface area contributed by atoms with Gasteiger partial charge in [0.2, 0.25) is 5.91 Å². The van der Waals surface area contributed by atoms with Crippen LogP contribution >= 0.6 is 11.6 Å². The van der Waals surface area contributed by atoms with Gasteiger partial charge in [0, 0.05) is 18.3 Å². The molecule has 110 valence electrons. The van der Waals surface area contributed by atoms with Gasteiger partial charge in [-0.15, -0.1) is 11.6 Å². The van der Waals surface area contributed by atoms with Crippen molar-refractivity contribution in [3.05, 3.63) is 35.4 Å². The minimum Gasteiger partial charge on any atom is -0.356 e. The number of aryl methyl sites for hydroxylation is 1. The molecule has 0 aliphatic heterocycles. The summed E-state index contributed by atoms with van der Waals surface area (Å²) in [6.07, 6.45) is 4.92. The van der Waals surface area contributed by atoms with E-state index in [-0.39, 0.29) is 11.8 Å². The van der Waals surface area contributed by atoms with Crippen LogP contribution in [-0.4, -0.2) is 18.3 Å². The Morgan fingerprint density at radius 2 is 2.15 bits per heavy atom. The van der Waals surface area contributed by atoms with Crippen molar-refractivity contribution >= 4 is 17.5 Å². The molecular formula is C17H24ClNO. The summed E-state index contributed by atoms with van der Waals surface area (Å²) in [6, 6.07) is 8.47. The van der Waals surface area contributed by atoms with Crippen LogP contribution in [0.3, 0.4) is 0 Å². The molecule has 0 bridgehead atoms. The zero-order valence-electron chi connectivity index (χ0n) is 12.2. The number of hydrogen-bond acceptors (Lipinski definition) is 1. The second-order valence-electron chi connectivity index (χ2n) is 5.71. The van der Waals surface area contributed by atoms with Crippen LogP contribution in [0.2, 0.25) is 0 Å². The van der Waals surface area contributed by atoms with Gasteiger partial charge in [0.05, 0.1) is 0 Å². The molecule has 2 nitrogen and oxygen atoms in total. The van der Waals surface area contributed by atoms with Crippen LogP contribution < -0.4 is 5.32 Å². The van der Waals surface area contributed by atoms with Gasteiger partial charge in [-0.1, -0.05) is 37.6 Å². The lowest BCUT2D eigenvalue weighted by Crippen LogP contribution is -2.36. The zero-order chi connectivity index (χ0) is 14.4. The predicted molar refractivity (Wildman–Crippen MR) is 84.1 cm³/mol. The number of hydrogen-bond donors (Lipinski definition) is 1. The maximum Gasteiger partial charge on any atom is 0.223 e. The van der Waals surface area contributed by atoms with Crippen LogP contribution in [0.4, 0.5) is 0 Å². The SMILES string of the molecule is CCC(CCCl)CNC(=O)C1CCc2ccccc2C1. The van der Waals surface area contributed by atoms with Crippen molar-refractivity contribution in [2.75, 3.05) is 12.4 Å². The van der Waals surface area contributed by atoms with Gasteiger partial charge in [0.1, 0.15) is 0 Å². The third-order valence-corrected chi connectivity index (χ3v) is 4.60. The topological polar surface area (TPSA) is 29.1 Å². The molecule has 0 heterocycles. The van der Waals surface area contributed by atoms with E-state index in [1.807, 2.05) is 0 Å². The first-order valence-corrected chi connectivity index (χ1v) is 8.18. The van der Waals surface area contributed by atoms with E-state index in [9.17, 15) is 4.79 Å². The number of rotatable bonds is 6. The Morgan fingerprint density at radius 3 is 2.85 bits per heavy atom. The number of carbonyl (C=O) groups is 1. The van der Waals surface area contributed by atoms with Crippen molar-refractivity contribution < 1.29 is 4.79 Å². The van der Waals surface area contributed by atoms with Crippen molar-refractivity contribution in [2.24, 2.45) is 11.8 Å². The second-order valence-corrected chi connectivity index (χ2v) is 6.08. The Kier molecular flexibility index (Phi) is 5.90. The van der Waals surface area contributed by atoms with E-state index in [1.54, 1.807) is 0 Å². The van der Waals surface area contributed by atoms with Gasteiger partial charge in [-0.2, -0.15) is 0 Å². The summed E-state index contributed by atoms with van der Waals surface area (Å²) >= 11 is 5.78. The van der Waals surface area contributed by atoms with E-state index < -0.39 is 0 Å².